The average Bonchev–Trinajstić information content (AvgIpc) is 3.38. The molecule has 3 aromatic carbocycles. The molecule has 0 N–H and O–H groups in total. The second-order valence-electron chi connectivity index (χ2n) is 7.48. The molecule has 0 aliphatic heterocycles. The molecule has 0 heterocycles. The summed E-state index contributed by atoms with van der Waals surface area (Å²) in [7, 11) is -2.09. The second kappa shape index (κ2) is 14.7. The second-order valence-corrected chi connectivity index (χ2v) is 10.5. The molecule has 0 radical (unpaired) electrons. The van der Waals surface area contributed by atoms with Gasteiger partial charge in [0.1, 0.15) is 0 Å². The molecule has 3 aromatic rings. The van der Waals surface area contributed by atoms with Gasteiger partial charge in [-0.2, -0.15) is 0 Å². The molecule has 0 unspecified atom stereocenters. The molecular weight excluding hydrogens is 453 g/mol. The Kier molecular flexibility index (Phi) is 11.9. The van der Waals surface area contributed by atoms with Crippen LogP contribution in [0.25, 0.3) is 0 Å². The Hall–Kier alpha value is -2.44. The monoisotopic (exact) mass is 485 g/mol. The van der Waals surface area contributed by atoms with Crippen molar-refractivity contribution < 1.29 is 21.7 Å². The maximum atomic E-state index is 5.43. The zero-order valence-electron chi connectivity index (χ0n) is 19.3. The van der Waals surface area contributed by atoms with Crippen molar-refractivity contribution in [2.45, 2.75) is 26.2 Å². The first-order valence-electron chi connectivity index (χ1n) is 11.2. The molecule has 4 rings (SSSR count). The van der Waals surface area contributed by atoms with Crippen LogP contribution in [0.15, 0.2) is 144 Å². The van der Waals surface area contributed by atoms with Gasteiger partial charge in [0, 0.05) is 49.7 Å². The normalized spacial score (nSPS) is 12.3. The van der Waals surface area contributed by atoms with Crippen molar-refractivity contribution in [1.82, 2.24) is 0 Å². The Balaban J connectivity index is 0.000000423. The molecular formula is C30H32NPTi. The summed E-state index contributed by atoms with van der Waals surface area (Å²) in [5.41, 5.74) is 1.16. The van der Waals surface area contributed by atoms with Gasteiger partial charge in [-0.25, -0.2) is 0 Å². The van der Waals surface area contributed by atoms with Gasteiger partial charge in [0.05, 0.1) is 7.05 Å². The van der Waals surface area contributed by atoms with E-state index < -0.39 is 7.05 Å². The van der Waals surface area contributed by atoms with Gasteiger partial charge in [-0.1, -0.05) is 141 Å². The Morgan fingerprint density at radius 2 is 1.30 bits per heavy atom. The minimum Gasteiger partial charge on any atom is -0.258 e. The molecule has 0 fully saturated rings. The molecule has 1 aliphatic carbocycles. The molecule has 0 saturated heterocycles. The van der Waals surface area contributed by atoms with Crippen molar-refractivity contribution in [3.63, 3.8) is 0 Å². The fourth-order valence-electron chi connectivity index (χ4n) is 3.61. The first kappa shape index (κ1) is 26.8. The van der Waals surface area contributed by atoms with Crippen LogP contribution in [0.5, 0.6) is 0 Å². The molecule has 0 spiro atoms. The summed E-state index contributed by atoms with van der Waals surface area (Å²) in [5, 5.41) is 3.88. The Labute approximate surface area is 214 Å². The maximum absolute atomic E-state index is 5.43. The number of allylic oxidation sites excluding steroid dienone is 6. The fourth-order valence-corrected chi connectivity index (χ4v) is 7.20. The van der Waals surface area contributed by atoms with Crippen molar-refractivity contribution in [2.24, 2.45) is 4.74 Å². The average molecular weight is 485 g/mol. The van der Waals surface area contributed by atoms with Crippen LogP contribution in [0.1, 0.15) is 26.2 Å². The predicted octanol–water partition coefficient (Wildman–Crippen LogP) is 7.53. The van der Waals surface area contributed by atoms with Gasteiger partial charge in [-0.15, -0.1) is 0 Å². The van der Waals surface area contributed by atoms with Crippen molar-refractivity contribution >= 4 is 23.0 Å². The van der Waals surface area contributed by atoms with Crippen LogP contribution < -0.4 is 15.9 Å². The molecule has 0 atom stereocenters. The van der Waals surface area contributed by atoms with Crippen LogP contribution >= 0.6 is 7.05 Å². The number of hydrogen-bond acceptors (Lipinski definition) is 1. The van der Waals surface area contributed by atoms with E-state index in [2.05, 4.69) is 129 Å². The largest absolute Gasteiger partial charge is 0.258 e. The molecule has 0 saturated carbocycles. The summed E-state index contributed by atoms with van der Waals surface area (Å²) in [6.45, 7) is 5.71. The first-order chi connectivity index (χ1) is 15.8. The van der Waals surface area contributed by atoms with E-state index in [9.17, 15) is 0 Å². The van der Waals surface area contributed by atoms with Crippen LogP contribution in [0.4, 0.5) is 0 Å². The minimum absolute atomic E-state index is 0. The van der Waals surface area contributed by atoms with Crippen molar-refractivity contribution in [1.29, 1.82) is 0 Å². The van der Waals surface area contributed by atoms with Gasteiger partial charge >= 0.3 is 0 Å². The van der Waals surface area contributed by atoms with Crippen molar-refractivity contribution in [2.75, 3.05) is 0 Å². The van der Waals surface area contributed by atoms with E-state index in [1.54, 1.807) is 6.08 Å². The first-order valence-corrected chi connectivity index (χ1v) is 13.0. The van der Waals surface area contributed by atoms with Crippen molar-refractivity contribution in [3.05, 3.63) is 140 Å². The zero-order chi connectivity index (χ0) is 22.5. The smallest absolute Gasteiger partial charge is 0.0608 e. The molecule has 33 heavy (non-hydrogen) atoms. The summed E-state index contributed by atoms with van der Waals surface area (Å²) in [6, 6.07) is 32.3. The number of rotatable bonds is 7. The molecule has 166 valence electrons. The quantitative estimate of drug-likeness (QED) is 0.186. The zero-order valence-corrected chi connectivity index (χ0v) is 21.8. The van der Waals surface area contributed by atoms with E-state index in [0.29, 0.717) is 0 Å². The summed E-state index contributed by atoms with van der Waals surface area (Å²) in [4.78, 5) is 0. The van der Waals surface area contributed by atoms with Gasteiger partial charge in [0.15, 0.2) is 0 Å². The SMILES string of the molecule is C1=CCC(N=P(c2ccccc2)(c2ccccc2)c2ccccc2)=C1.C=CC=CCCC.[Ti]. The van der Waals surface area contributed by atoms with E-state index in [0.717, 1.165) is 12.1 Å². The number of unbranched alkanes of at least 4 members (excludes halogenated alkanes) is 1. The van der Waals surface area contributed by atoms with Crippen LogP contribution in [-0.2, 0) is 21.7 Å². The van der Waals surface area contributed by atoms with Gasteiger partial charge in [-0.05, 0) is 12.5 Å². The van der Waals surface area contributed by atoms with E-state index >= 15 is 0 Å². The van der Waals surface area contributed by atoms with Crippen LogP contribution in [0.2, 0.25) is 0 Å². The van der Waals surface area contributed by atoms with Crippen molar-refractivity contribution in [3.8, 4) is 0 Å². The molecule has 3 heteroatoms. The predicted molar refractivity (Wildman–Crippen MR) is 144 cm³/mol. The van der Waals surface area contributed by atoms with Crippen LogP contribution in [-0.4, -0.2) is 0 Å². The fraction of sp³-hybridized carbons (Fsp3) is 0.133. The molecule has 1 nitrogen and oxygen atoms in total. The van der Waals surface area contributed by atoms with Gasteiger partial charge < -0.3 is 0 Å². The topological polar surface area (TPSA) is 12.4 Å². The number of benzene rings is 3. The molecule has 0 bridgehead atoms. The van der Waals surface area contributed by atoms with Gasteiger partial charge in [0.2, 0.25) is 0 Å². The van der Waals surface area contributed by atoms with Crippen LogP contribution in [0, 0.1) is 0 Å². The third-order valence-corrected chi connectivity index (χ3v) is 8.84. The van der Waals surface area contributed by atoms with E-state index in [1.165, 1.54) is 28.8 Å². The van der Waals surface area contributed by atoms with Gasteiger partial charge in [-0.3, -0.25) is 4.74 Å². The minimum atomic E-state index is -2.09. The van der Waals surface area contributed by atoms with E-state index in [1.807, 2.05) is 6.08 Å². The number of nitrogens with zero attached hydrogens (tertiary/aromatic N) is 1. The van der Waals surface area contributed by atoms with Crippen LogP contribution in [0.3, 0.4) is 0 Å². The molecule has 1 aliphatic rings. The van der Waals surface area contributed by atoms with Gasteiger partial charge in [0.25, 0.3) is 0 Å². The Morgan fingerprint density at radius 3 is 1.67 bits per heavy atom. The molecule has 0 amide bonds. The Morgan fingerprint density at radius 1 is 0.818 bits per heavy atom. The third kappa shape index (κ3) is 7.28. The summed E-state index contributed by atoms with van der Waals surface area (Å²) >= 11 is 0. The summed E-state index contributed by atoms with van der Waals surface area (Å²) < 4.78 is 5.43. The van der Waals surface area contributed by atoms with E-state index in [4.69, 9.17) is 4.74 Å². The molecule has 0 aromatic heterocycles. The summed E-state index contributed by atoms with van der Waals surface area (Å²) in [5.74, 6) is 0. The third-order valence-electron chi connectivity index (χ3n) is 5.15. The Bertz CT molecular complexity index is 1010. The summed E-state index contributed by atoms with van der Waals surface area (Å²) in [6.07, 6.45) is 15.6. The number of hydrogen-bond donors (Lipinski definition) is 0. The maximum Gasteiger partial charge on any atom is 0.0608 e. The van der Waals surface area contributed by atoms with E-state index in [-0.39, 0.29) is 21.7 Å². The standard InChI is InChI=1S/C23H20NP.C7H12.Ti/c1-4-14-21(15-5-1)25(22-16-6-2-7-17-22,23-18-8-3-9-19-23)24-20-12-10-11-13-20;1-3-5-7-6-4-2;/h1-12,14-19H,13H2;3,5,7H,1,4,6H2,2H3;.